The van der Waals surface area contributed by atoms with E-state index in [2.05, 4.69) is 23.2 Å². The number of hydrogen-bond donors (Lipinski definition) is 1. The fourth-order valence-corrected chi connectivity index (χ4v) is 1.57. The van der Waals surface area contributed by atoms with Crippen molar-refractivity contribution in [1.82, 2.24) is 4.98 Å². The summed E-state index contributed by atoms with van der Waals surface area (Å²) in [6, 6.07) is 4.03. The molecule has 0 bridgehead atoms. The van der Waals surface area contributed by atoms with Gasteiger partial charge in [0.25, 0.3) is 0 Å². The van der Waals surface area contributed by atoms with Gasteiger partial charge in [0.15, 0.2) is 0 Å². The number of aryl methyl sites for hydroxylation is 1. The van der Waals surface area contributed by atoms with Crippen molar-refractivity contribution in [3.63, 3.8) is 0 Å². The molecule has 0 saturated carbocycles. The third-order valence-electron chi connectivity index (χ3n) is 2.50. The Morgan fingerprint density at radius 3 is 2.82 bits per heavy atom. The van der Waals surface area contributed by atoms with E-state index in [0.29, 0.717) is 0 Å². The highest BCUT2D eigenvalue weighted by Gasteiger charge is 1.94. The summed E-state index contributed by atoms with van der Waals surface area (Å²) in [5, 5.41) is 8.46. The molecule has 0 saturated heterocycles. The minimum Gasteiger partial charge on any atom is -0.481 e. The van der Waals surface area contributed by atoms with Crippen LogP contribution in [0, 0.1) is 0 Å². The van der Waals surface area contributed by atoms with Gasteiger partial charge in [-0.3, -0.25) is 9.78 Å². The zero-order valence-corrected chi connectivity index (χ0v) is 10.0. The Hall–Kier alpha value is -1.64. The number of carboxylic acid groups (broad SMARTS) is 1. The van der Waals surface area contributed by atoms with E-state index >= 15 is 0 Å². The van der Waals surface area contributed by atoms with Crippen LogP contribution in [0.2, 0.25) is 0 Å². The van der Waals surface area contributed by atoms with Crippen LogP contribution < -0.4 is 0 Å². The predicted molar refractivity (Wildman–Crippen MR) is 67.8 cm³/mol. The number of hydrogen-bond acceptors (Lipinski definition) is 2. The van der Waals surface area contributed by atoms with Crippen molar-refractivity contribution in [3.8, 4) is 0 Å². The summed E-state index contributed by atoms with van der Waals surface area (Å²) in [5.74, 6) is -0.703. The third-order valence-corrected chi connectivity index (χ3v) is 2.50. The van der Waals surface area contributed by atoms with Gasteiger partial charge in [-0.15, -0.1) is 0 Å². The van der Waals surface area contributed by atoms with Gasteiger partial charge in [0.2, 0.25) is 0 Å². The molecule has 1 rings (SSSR count). The van der Waals surface area contributed by atoms with Crippen LogP contribution in [0.3, 0.4) is 0 Å². The van der Waals surface area contributed by atoms with E-state index in [-0.39, 0.29) is 6.42 Å². The first-order valence-electron chi connectivity index (χ1n) is 6.05. The van der Waals surface area contributed by atoms with Crippen LogP contribution in [0.4, 0.5) is 0 Å². The lowest BCUT2D eigenvalue weighted by molar-refractivity contribution is -0.137. The van der Waals surface area contributed by atoms with Gasteiger partial charge in [-0.1, -0.05) is 18.2 Å². The topological polar surface area (TPSA) is 50.2 Å². The summed E-state index contributed by atoms with van der Waals surface area (Å²) in [7, 11) is 0. The molecule has 17 heavy (non-hydrogen) atoms. The number of pyridine rings is 1. The molecule has 0 amide bonds. The molecule has 3 nitrogen and oxygen atoms in total. The zero-order valence-electron chi connectivity index (χ0n) is 10.0. The molecular weight excluding hydrogens is 214 g/mol. The third kappa shape index (κ3) is 7.28. The van der Waals surface area contributed by atoms with Crippen molar-refractivity contribution in [2.24, 2.45) is 0 Å². The molecule has 0 fully saturated rings. The fourth-order valence-electron chi connectivity index (χ4n) is 1.57. The van der Waals surface area contributed by atoms with Crippen molar-refractivity contribution in [2.45, 2.75) is 38.5 Å². The highest BCUT2D eigenvalue weighted by Crippen LogP contribution is 2.04. The Kier molecular flexibility index (Phi) is 6.72. The van der Waals surface area contributed by atoms with Gasteiger partial charge >= 0.3 is 5.97 Å². The number of aliphatic carboxylic acids is 1. The Morgan fingerprint density at radius 1 is 1.29 bits per heavy atom. The maximum absolute atomic E-state index is 10.3. The van der Waals surface area contributed by atoms with E-state index in [4.69, 9.17) is 5.11 Å². The van der Waals surface area contributed by atoms with Gasteiger partial charge in [-0.2, -0.15) is 0 Å². The lowest BCUT2D eigenvalue weighted by Gasteiger charge is -1.96. The molecule has 0 aliphatic rings. The maximum atomic E-state index is 10.3. The van der Waals surface area contributed by atoms with Crippen LogP contribution in [0.15, 0.2) is 36.7 Å². The molecule has 0 atom stereocenters. The van der Waals surface area contributed by atoms with Gasteiger partial charge in [-0.05, 0) is 43.7 Å². The minimum absolute atomic E-state index is 0.281. The molecule has 0 aliphatic heterocycles. The van der Waals surface area contributed by atoms with Gasteiger partial charge in [0.05, 0.1) is 0 Å². The first-order chi connectivity index (χ1) is 8.29. The van der Waals surface area contributed by atoms with E-state index < -0.39 is 5.97 Å². The molecule has 1 aromatic heterocycles. The maximum Gasteiger partial charge on any atom is 0.303 e. The van der Waals surface area contributed by atoms with Crippen molar-refractivity contribution >= 4 is 5.97 Å². The average Bonchev–Trinajstić information content (AvgIpc) is 2.33. The number of aromatic nitrogens is 1. The smallest absolute Gasteiger partial charge is 0.303 e. The summed E-state index contributed by atoms with van der Waals surface area (Å²) in [4.78, 5) is 14.3. The van der Waals surface area contributed by atoms with E-state index in [9.17, 15) is 4.79 Å². The van der Waals surface area contributed by atoms with Crippen molar-refractivity contribution in [2.75, 3.05) is 0 Å². The van der Waals surface area contributed by atoms with Crippen LogP contribution in [-0.4, -0.2) is 16.1 Å². The number of allylic oxidation sites excluding steroid dienone is 2. The van der Waals surface area contributed by atoms with Gasteiger partial charge in [-0.25, -0.2) is 0 Å². The molecule has 0 aromatic carbocycles. The second-order valence-electron chi connectivity index (χ2n) is 4.01. The zero-order chi connectivity index (χ0) is 12.3. The summed E-state index contributed by atoms with van der Waals surface area (Å²) in [5.41, 5.74) is 1.25. The summed E-state index contributed by atoms with van der Waals surface area (Å²) in [6.45, 7) is 0. The average molecular weight is 233 g/mol. The van der Waals surface area contributed by atoms with Crippen molar-refractivity contribution < 1.29 is 9.90 Å². The van der Waals surface area contributed by atoms with E-state index in [0.717, 1.165) is 32.1 Å². The first kappa shape index (κ1) is 13.4. The second kappa shape index (κ2) is 8.50. The lowest BCUT2D eigenvalue weighted by Crippen LogP contribution is -1.92. The molecule has 1 N–H and O–H groups in total. The molecule has 1 aromatic rings. The van der Waals surface area contributed by atoms with Gasteiger partial charge in [0, 0.05) is 18.8 Å². The monoisotopic (exact) mass is 233 g/mol. The van der Waals surface area contributed by atoms with E-state index in [1.54, 1.807) is 6.20 Å². The Labute approximate surface area is 102 Å². The van der Waals surface area contributed by atoms with Crippen LogP contribution in [-0.2, 0) is 11.2 Å². The Balaban J connectivity index is 2.01. The number of carbonyl (C=O) groups is 1. The number of carboxylic acids is 1. The van der Waals surface area contributed by atoms with Crippen LogP contribution in [0.1, 0.15) is 37.7 Å². The number of unbranched alkanes of at least 4 members (excludes halogenated alkanes) is 2. The highest BCUT2D eigenvalue weighted by molar-refractivity contribution is 5.66. The molecule has 0 radical (unpaired) electrons. The van der Waals surface area contributed by atoms with Crippen molar-refractivity contribution in [1.29, 1.82) is 0 Å². The van der Waals surface area contributed by atoms with E-state index in [1.807, 2.05) is 12.3 Å². The molecule has 3 heteroatoms. The Morgan fingerprint density at radius 2 is 2.12 bits per heavy atom. The molecular formula is C14H19NO2. The fraction of sp³-hybridized carbons (Fsp3) is 0.429. The largest absolute Gasteiger partial charge is 0.481 e. The predicted octanol–water partition coefficient (Wildman–Crippen LogP) is 3.22. The quantitative estimate of drug-likeness (QED) is 0.554. The van der Waals surface area contributed by atoms with Gasteiger partial charge in [0.1, 0.15) is 0 Å². The summed E-state index contributed by atoms with van der Waals surface area (Å²) in [6.07, 6.45) is 13.0. The second-order valence-corrected chi connectivity index (χ2v) is 4.01. The normalized spacial score (nSPS) is 10.8. The Bertz CT molecular complexity index is 346. The molecule has 1 heterocycles. The van der Waals surface area contributed by atoms with Crippen LogP contribution in [0.25, 0.3) is 0 Å². The summed E-state index contributed by atoms with van der Waals surface area (Å²) < 4.78 is 0. The van der Waals surface area contributed by atoms with Crippen LogP contribution in [0.5, 0.6) is 0 Å². The van der Waals surface area contributed by atoms with Crippen LogP contribution >= 0.6 is 0 Å². The molecule has 0 unspecified atom stereocenters. The van der Waals surface area contributed by atoms with Gasteiger partial charge < -0.3 is 5.11 Å². The summed E-state index contributed by atoms with van der Waals surface area (Å²) >= 11 is 0. The number of rotatable bonds is 8. The van der Waals surface area contributed by atoms with E-state index in [1.165, 1.54) is 5.56 Å². The molecule has 0 spiro atoms. The first-order valence-corrected chi connectivity index (χ1v) is 6.05. The minimum atomic E-state index is -0.703. The SMILES string of the molecule is O=C(O)CCCC/C=C/CCc1cccnc1. The van der Waals surface area contributed by atoms with Crippen molar-refractivity contribution in [3.05, 3.63) is 42.2 Å². The molecule has 0 aliphatic carbocycles. The lowest BCUT2D eigenvalue weighted by atomic mass is 10.1. The number of nitrogens with zero attached hydrogens (tertiary/aromatic N) is 1. The molecule has 92 valence electrons. The standard InChI is InChI=1S/C14H19NO2/c16-14(17)10-6-4-2-1-3-5-8-13-9-7-11-15-12-13/h1,3,7,9,11-12H,2,4-6,8,10H2,(H,16,17)/b3-1+. The highest BCUT2D eigenvalue weighted by atomic mass is 16.4.